The lowest BCUT2D eigenvalue weighted by Crippen LogP contribution is -2.32. The molecule has 2 aliphatic rings. The van der Waals surface area contributed by atoms with E-state index in [1.54, 1.807) is 5.56 Å². The molecule has 0 unspecified atom stereocenters. The van der Waals surface area contributed by atoms with E-state index in [4.69, 9.17) is 0 Å². The second-order valence-corrected chi connectivity index (χ2v) is 7.79. The summed E-state index contributed by atoms with van der Waals surface area (Å²) in [6, 6.07) is 14.0. The molecule has 0 aliphatic heterocycles. The second-order valence-electron chi connectivity index (χ2n) is 7.79. The maximum atomic E-state index is 2.46. The number of aromatic nitrogens is 1. The highest BCUT2D eigenvalue weighted by Crippen LogP contribution is 2.43. The average Bonchev–Trinajstić information content (AvgIpc) is 3.18. The van der Waals surface area contributed by atoms with Crippen molar-refractivity contribution in [3.8, 4) is 22.4 Å². The summed E-state index contributed by atoms with van der Waals surface area (Å²) in [5.41, 5.74) is 14.5. The van der Waals surface area contributed by atoms with Crippen molar-refractivity contribution in [1.82, 2.24) is 0 Å². The first-order valence-electron chi connectivity index (χ1n) is 9.36. The van der Waals surface area contributed by atoms with Crippen LogP contribution in [0.4, 0.5) is 0 Å². The number of fused-ring (bicyclic) bond motifs is 4. The second kappa shape index (κ2) is 5.29. The van der Waals surface area contributed by atoms with Gasteiger partial charge in [0.25, 0.3) is 0 Å². The van der Waals surface area contributed by atoms with E-state index in [0.29, 0.717) is 0 Å². The van der Waals surface area contributed by atoms with Gasteiger partial charge in [-0.15, -0.1) is 0 Å². The Morgan fingerprint density at radius 1 is 0.840 bits per heavy atom. The number of pyridine rings is 1. The Morgan fingerprint density at radius 2 is 1.68 bits per heavy atom. The summed E-state index contributed by atoms with van der Waals surface area (Å²) in [5.74, 6) is 0. The predicted octanol–water partition coefficient (Wildman–Crippen LogP) is 4.85. The fraction of sp³-hybridized carbons (Fsp3) is 0.292. The molecular weight excluding hydrogens is 302 g/mol. The van der Waals surface area contributed by atoms with Crippen LogP contribution in [-0.4, -0.2) is 0 Å². The molecule has 3 aromatic rings. The molecule has 0 fully saturated rings. The van der Waals surface area contributed by atoms with Gasteiger partial charge in [-0.05, 0) is 72.9 Å². The van der Waals surface area contributed by atoms with Gasteiger partial charge in [-0.25, -0.2) is 4.57 Å². The van der Waals surface area contributed by atoms with Crippen LogP contribution >= 0.6 is 0 Å². The summed E-state index contributed by atoms with van der Waals surface area (Å²) >= 11 is 0. The molecule has 2 aromatic carbocycles. The van der Waals surface area contributed by atoms with Crippen LogP contribution in [0.3, 0.4) is 0 Å². The van der Waals surface area contributed by atoms with Crippen molar-refractivity contribution in [2.75, 3.05) is 0 Å². The van der Waals surface area contributed by atoms with Gasteiger partial charge in [0.05, 0.1) is 5.56 Å². The van der Waals surface area contributed by atoms with Gasteiger partial charge in [0, 0.05) is 11.6 Å². The molecule has 2 aliphatic carbocycles. The van der Waals surface area contributed by atoms with Crippen LogP contribution in [0.15, 0.2) is 42.6 Å². The molecule has 1 nitrogen and oxygen atoms in total. The van der Waals surface area contributed by atoms with E-state index in [1.807, 2.05) is 0 Å². The standard InChI is InChI=1S/C24H24N/c1-15-7-9-18-12-22-20(21(18)11-15)10-8-16(2)24(22)23-13-17-5-4-6-19(17)14-25(23)3/h7-11,13-14H,4-6,12H2,1-3H3/q+1. The molecule has 0 amide bonds. The van der Waals surface area contributed by atoms with Gasteiger partial charge < -0.3 is 0 Å². The van der Waals surface area contributed by atoms with Gasteiger partial charge in [0.1, 0.15) is 7.05 Å². The number of nitrogens with zero attached hydrogens (tertiary/aromatic N) is 1. The SMILES string of the molecule is Cc1ccc2c(c1)-c1ccc(C)c(-c3cc4c(c[n+]3C)CCC4)c1C2. The zero-order valence-electron chi connectivity index (χ0n) is 15.3. The third-order valence-corrected chi connectivity index (χ3v) is 6.05. The number of hydrogen-bond acceptors (Lipinski definition) is 0. The molecule has 25 heavy (non-hydrogen) atoms. The van der Waals surface area contributed by atoms with Crippen LogP contribution < -0.4 is 4.57 Å². The Morgan fingerprint density at radius 3 is 2.56 bits per heavy atom. The summed E-state index contributed by atoms with van der Waals surface area (Å²) in [6.07, 6.45) is 7.19. The fourth-order valence-corrected chi connectivity index (χ4v) is 4.76. The molecule has 1 heteroatoms. The van der Waals surface area contributed by atoms with Crippen molar-refractivity contribution in [3.05, 3.63) is 76.0 Å². The fourth-order valence-electron chi connectivity index (χ4n) is 4.76. The Labute approximate surface area is 150 Å². The van der Waals surface area contributed by atoms with E-state index < -0.39 is 0 Å². The summed E-state index contributed by atoms with van der Waals surface area (Å²) in [6.45, 7) is 4.45. The first-order chi connectivity index (χ1) is 12.1. The van der Waals surface area contributed by atoms with Crippen LogP contribution in [0, 0.1) is 13.8 Å². The first-order valence-corrected chi connectivity index (χ1v) is 9.36. The highest BCUT2D eigenvalue weighted by molar-refractivity contribution is 5.85. The van der Waals surface area contributed by atoms with E-state index >= 15 is 0 Å². The van der Waals surface area contributed by atoms with Gasteiger partial charge in [-0.2, -0.15) is 0 Å². The Balaban J connectivity index is 1.76. The molecule has 1 aromatic heterocycles. The number of hydrogen-bond donors (Lipinski definition) is 0. The summed E-state index contributed by atoms with van der Waals surface area (Å²) in [5, 5.41) is 0. The minimum Gasteiger partial charge on any atom is -0.201 e. The van der Waals surface area contributed by atoms with Crippen LogP contribution in [0.1, 0.15) is 39.8 Å². The summed E-state index contributed by atoms with van der Waals surface area (Å²) in [7, 11) is 2.21. The minimum absolute atomic E-state index is 1.05. The average molecular weight is 326 g/mol. The molecule has 0 bridgehead atoms. The number of aryl methyl sites for hydroxylation is 5. The lowest BCUT2D eigenvalue weighted by molar-refractivity contribution is -0.660. The van der Waals surface area contributed by atoms with E-state index in [2.05, 4.69) is 68.1 Å². The molecule has 0 radical (unpaired) electrons. The van der Waals surface area contributed by atoms with Crippen molar-refractivity contribution < 1.29 is 4.57 Å². The zero-order valence-corrected chi connectivity index (χ0v) is 15.3. The highest BCUT2D eigenvalue weighted by atomic mass is 14.9. The molecule has 124 valence electrons. The van der Waals surface area contributed by atoms with Crippen molar-refractivity contribution in [1.29, 1.82) is 0 Å². The topological polar surface area (TPSA) is 3.88 Å². The van der Waals surface area contributed by atoms with E-state index in [1.165, 1.54) is 69.5 Å². The maximum absolute atomic E-state index is 2.46. The first kappa shape index (κ1) is 14.9. The zero-order chi connectivity index (χ0) is 17.1. The van der Waals surface area contributed by atoms with Crippen LogP contribution in [0.2, 0.25) is 0 Å². The maximum Gasteiger partial charge on any atom is 0.213 e. The molecular formula is C24H24N+. The number of rotatable bonds is 1. The predicted molar refractivity (Wildman–Crippen MR) is 103 cm³/mol. The molecule has 0 saturated heterocycles. The molecule has 0 saturated carbocycles. The normalized spacial score (nSPS) is 14.4. The Hall–Kier alpha value is -2.41. The highest BCUT2D eigenvalue weighted by Gasteiger charge is 2.27. The molecule has 0 atom stereocenters. The number of benzene rings is 2. The largest absolute Gasteiger partial charge is 0.213 e. The molecule has 1 heterocycles. The van der Waals surface area contributed by atoms with Crippen LogP contribution in [0.5, 0.6) is 0 Å². The third-order valence-electron chi connectivity index (χ3n) is 6.05. The smallest absolute Gasteiger partial charge is 0.201 e. The molecule has 0 spiro atoms. The van der Waals surface area contributed by atoms with E-state index in [9.17, 15) is 0 Å². The van der Waals surface area contributed by atoms with Crippen molar-refractivity contribution >= 4 is 0 Å². The monoisotopic (exact) mass is 326 g/mol. The van der Waals surface area contributed by atoms with Gasteiger partial charge >= 0.3 is 0 Å². The summed E-state index contributed by atoms with van der Waals surface area (Å²) in [4.78, 5) is 0. The Bertz CT molecular complexity index is 1030. The van der Waals surface area contributed by atoms with E-state index in [-0.39, 0.29) is 0 Å². The van der Waals surface area contributed by atoms with Crippen molar-refractivity contribution in [3.63, 3.8) is 0 Å². The third kappa shape index (κ3) is 2.18. The van der Waals surface area contributed by atoms with Crippen LogP contribution in [0.25, 0.3) is 22.4 Å². The van der Waals surface area contributed by atoms with Gasteiger partial charge in [-0.3, -0.25) is 0 Å². The van der Waals surface area contributed by atoms with Crippen molar-refractivity contribution in [2.45, 2.75) is 39.5 Å². The lowest BCUT2D eigenvalue weighted by Gasteiger charge is -2.12. The minimum atomic E-state index is 1.05. The van der Waals surface area contributed by atoms with E-state index in [0.717, 1.165) is 6.42 Å². The van der Waals surface area contributed by atoms with Gasteiger partial charge in [0.15, 0.2) is 6.20 Å². The molecule has 0 N–H and O–H groups in total. The Kier molecular flexibility index (Phi) is 3.15. The summed E-state index contributed by atoms with van der Waals surface area (Å²) < 4.78 is 2.35. The molecule has 5 rings (SSSR count). The quantitative estimate of drug-likeness (QED) is 0.440. The van der Waals surface area contributed by atoms with Gasteiger partial charge in [0.2, 0.25) is 5.69 Å². The lowest BCUT2D eigenvalue weighted by atomic mass is 9.93. The van der Waals surface area contributed by atoms with Gasteiger partial charge in [-0.1, -0.05) is 35.9 Å². The van der Waals surface area contributed by atoms with Crippen LogP contribution in [-0.2, 0) is 26.3 Å². The van der Waals surface area contributed by atoms with Crippen molar-refractivity contribution in [2.24, 2.45) is 7.05 Å².